The van der Waals surface area contributed by atoms with E-state index in [1.54, 1.807) is 12.4 Å². The Labute approximate surface area is 147 Å². The first-order valence-electron chi connectivity index (χ1n) is 8.02. The summed E-state index contributed by atoms with van der Waals surface area (Å²) >= 11 is 6.22. The predicted octanol–water partition coefficient (Wildman–Crippen LogP) is 4.64. The van der Waals surface area contributed by atoms with E-state index in [-0.39, 0.29) is 5.41 Å². The first-order chi connectivity index (χ1) is 11.4. The molecule has 1 N–H and O–H groups in total. The van der Waals surface area contributed by atoms with Gasteiger partial charge < -0.3 is 9.88 Å². The van der Waals surface area contributed by atoms with E-state index in [9.17, 15) is 0 Å². The summed E-state index contributed by atoms with van der Waals surface area (Å²) in [5.41, 5.74) is 4.06. The van der Waals surface area contributed by atoms with Crippen LogP contribution in [0.5, 0.6) is 0 Å². The molecule has 1 unspecified atom stereocenters. The number of hydrogen-bond donors (Lipinski definition) is 1. The van der Waals surface area contributed by atoms with E-state index >= 15 is 0 Å². The van der Waals surface area contributed by atoms with Crippen LogP contribution in [0.2, 0.25) is 5.02 Å². The molecule has 0 saturated heterocycles. The summed E-state index contributed by atoms with van der Waals surface area (Å²) in [6.45, 7) is 4.58. The molecule has 0 aliphatic heterocycles. The van der Waals surface area contributed by atoms with Gasteiger partial charge in [-0.15, -0.1) is 0 Å². The summed E-state index contributed by atoms with van der Waals surface area (Å²) in [5, 5.41) is 9.56. The van der Waals surface area contributed by atoms with E-state index in [4.69, 9.17) is 16.9 Å². The number of H-pyrrole nitrogens is 1. The first kappa shape index (κ1) is 16.6. The van der Waals surface area contributed by atoms with Crippen LogP contribution in [0, 0.1) is 16.7 Å². The Hall–Kier alpha value is -2.25. The van der Waals surface area contributed by atoms with Crippen molar-refractivity contribution < 1.29 is 0 Å². The number of anilines is 1. The van der Waals surface area contributed by atoms with Crippen LogP contribution in [0.3, 0.4) is 0 Å². The number of benzene rings is 1. The molecule has 1 aliphatic rings. The Morgan fingerprint density at radius 3 is 2.83 bits per heavy atom. The average Bonchev–Trinajstić information content (AvgIpc) is 3.08. The Kier molecular flexibility index (Phi) is 4.38. The number of hydrogen-bond acceptors (Lipinski definition) is 3. The minimum atomic E-state index is 0.138. The van der Waals surface area contributed by atoms with E-state index in [0.717, 1.165) is 24.2 Å². The Bertz CT molecular complexity index is 799. The minimum absolute atomic E-state index is 0.138. The molecule has 0 bridgehead atoms. The largest absolute Gasteiger partial charge is 0.371 e. The quantitative estimate of drug-likeness (QED) is 0.885. The van der Waals surface area contributed by atoms with Crippen LogP contribution in [-0.4, -0.2) is 23.1 Å². The molecule has 124 valence electrons. The molecule has 1 aromatic heterocycles. The van der Waals surface area contributed by atoms with Gasteiger partial charge in [-0.3, -0.25) is 0 Å². The van der Waals surface area contributed by atoms with Crippen LogP contribution >= 0.6 is 11.6 Å². The fourth-order valence-electron chi connectivity index (χ4n) is 3.40. The highest BCUT2D eigenvalue weighted by molar-refractivity contribution is 6.32. The highest BCUT2D eigenvalue weighted by Crippen LogP contribution is 2.42. The van der Waals surface area contributed by atoms with Crippen molar-refractivity contribution in [1.82, 2.24) is 9.97 Å². The molecular formula is C19H21ClN4. The van der Waals surface area contributed by atoms with Crippen LogP contribution in [0.25, 0.3) is 5.57 Å². The minimum Gasteiger partial charge on any atom is -0.371 e. The number of aromatic amines is 1. The number of nitriles is 1. The first-order valence-corrected chi connectivity index (χ1v) is 8.40. The molecule has 0 fully saturated rings. The molecule has 5 heteroatoms. The average molecular weight is 341 g/mol. The topological polar surface area (TPSA) is 55.7 Å². The van der Waals surface area contributed by atoms with Crippen LogP contribution in [0.4, 0.5) is 5.69 Å². The fourth-order valence-corrected chi connectivity index (χ4v) is 3.61. The Morgan fingerprint density at radius 1 is 1.42 bits per heavy atom. The van der Waals surface area contributed by atoms with Crippen LogP contribution in [0.1, 0.15) is 37.9 Å². The van der Waals surface area contributed by atoms with E-state index < -0.39 is 0 Å². The zero-order valence-electron chi connectivity index (χ0n) is 14.2. The van der Waals surface area contributed by atoms with Gasteiger partial charge in [0.1, 0.15) is 6.07 Å². The number of rotatable bonds is 3. The molecule has 0 spiro atoms. The zero-order chi connectivity index (χ0) is 17.3. The van der Waals surface area contributed by atoms with Crippen molar-refractivity contribution in [3.05, 3.63) is 53.1 Å². The SMILES string of the molecule is CN(c1ccc(C#N)c(Cl)c1)C1CC(c2cnc[nH]2)=CCC1(C)C. The number of imidazole rings is 1. The molecule has 1 heterocycles. The van der Waals surface area contributed by atoms with Gasteiger partial charge in [-0.2, -0.15) is 5.26 Å². The lowest BCUT2D eigenvalue weighted by Gasteiger charge is -2.44. The van der Waals surface area contributed by atoms with E-state index in [1.807, 2.05) is 18.3 Å². The monoisotopic (exact) mass is 340 g/mol. The van der Waals surface area contributed by atoms with E-state index in [2.05, 4.69) is 47.9 Å². The van der Waals surface area contributed by atoms with E-state index in [1.165, 1.54) is 5.57 Å². The molecule has 1 atom stereocenters. The smallest absolute Gasteiger partial charge is 0.101 e. The Balaban J connectivity index is 1.90. The third-order valence-electron chi connectivity index (χ3n) is 4.98. The van der Waals surface area contributed by atoms with Crippen LogP contribution < -0.4 is 4.90 Å². The van der Waals surface area contributed by atoms with Crippen molar-refractivity contribution in [2.45, 2.75) is 32.7 Å². The van der Waals surface area contributed by atoms with Gasteiger partial charge in [0.05, 0.1) is 28.8 Å². The Morgan fingerprint density at radius 2 is 2.21 bits per heavy atom. The summed E-state index contributed by atoms with van der Waals surface area (Å²) in [7, 11) is 2.10. The fraction of sp³-hybridized carbons (Fsp3) is 0.368. The summed E-state index contributed by atoms with van der Waals surface area (Å²) in [4.78, 5) is 9.61. The van der Waals surface area contributed by atoms with Crippen molar-refractivity contribution in [3.8, 4) is 6.07 Å². The van der Waals surface area contributed by atoms with Gasteiger partial charge in [0, 0.05) is 18.8 Å². The lowest BCUT2D eigenvalue weighted by atomic mass is 9.72. The second-order valence-electron chi connectivity index (χ2n) is 6.99. The molecule has 24 heavy (non-hydrogen) atoms. The number of allylic oxidation sites excluding steroid dienone is 1. The molecule has 0 radical (unpaired) electrons. The van der Waals surface area contributed by atoms with Crippen molar-refractivity contribution in [3.63, 3.8) is 0 Å². The molecule has 0 amide bonds. The van der Waals surface area contributed by atoms with Crippen LogP contribution in [0.15, 0.2) is 36.8 Å². The normalized spacial score (nSPS) is 19.5. The standard InChI is InChI=1S/C19H21ClN4/c1-19(2)7-6-13(17-11-22-12-23-17)8-18(19)24(3)15-5-4-14(10-21)16(20)9-15/h4-6,9,11-12,18H,7-8H2,1-3H3,(H,22,23). The molecular weight excluding hydrogens is 320 g/mol. The summed E-state index contributed by atoms with van der Waals surface area (Å²) in [6, 6.07) is 8.07. The third-order valence-corrected chi connectivity index (χ3v) is 5.29. The van der Waals surface area contributed by atoms with Gasteiger partial charge in [0.25, 0.3) is 0 Å². The molecule has 0 saturated carbocycles. The predicted molar refractivity (Wildman–Crippen MR) is 97.9 cm³/mol. The highest BCUT2D eigenvalue weighted by atomic mass is 35.5. The molecule has 4 nitrogen and oxygen atoms in total. The van der Waals surface area contributed by atoms with Gasteiger partial charge in [-0.1, -0.05) is 31.5 Å². The summed E-state index contributed by atoms with van der Waals surface area (Å²) in [6.07, 6.45) is 7.84. The number of nitrogens with one attached hydrogen (secondary N) is 1. The van der Waals surface area contributed by atoms with Crippen LogP contribution in [-0.2, 0) is 0 Å². The van der Waals surface area contributed by atoms with Gasteiger partial charge >= 0.3 is 0 Å². The number of aromatic nitrogens is 2. The van der Waals surface area contributed by atoms with Gasteiger partial charge in [0.2, 0.25) is 0 Å². The van der Waals surface area contributed by atoms with Gasteiger partial charge in [-0.05, 0) is 42.0 Å². The molecule has 1 aromatic carbocycles. The second-order valence-corrected chi connectivity index (χ2v) is 7.40. The maximum atomic E-state index is 9.06. The third kappa shape index (κ3) is 3.05. The van der Waals surface area contributed by atoms with Gasteiger partial charge in [0.15, 0.2) is 0 Å². The number of halogens is 1. The second kappa shape index (κ2) is 6.33. The molecule has 3 rings (SSSR count). The maximum absolute atomic E-state index is 9.06. The maximum Gasteiger partial charge on any atom is 0.101 e. The highest BCUT2D eigenvalue weighted by Gasteiger charge is 2.36. The molecule has 1 aliphatic carbocycles. The lowest BCUT2D eigenvalue weighted by molar-refractivity contribution is 0.274. The summed E-state index contributed by atoms with van der Waals surface area (Å²) < 4.78 is 0. The van der Waals surface area contributed by atoms with E-state index in [0.29, 0.717) is 16.6 Å². The molecule has 2 aromatic rings. The lowest BCUT2D eigenvalue weighted by Crippen LogP contribution is -2.45. The summed E-state index contributed by atoms with van der Waals surface area (Å²) in [5.74, 6) is 0. The number of nitrogens with zero attached hydrogens (tertiary/aromatic N) is 3. The van der Waals surface area contributed by atoms with Gasteiger partial charge in [-0.25, -0.2) is 4.98 Å². The van der Waals surface area contributed by atoms with Crippen molar-refractivity contribution in [2.75, 3.05) is 11.9 Å². The zero-order valence-corrected chi connectivity index (χ0v) is 14.9. The van der Waals surface area contributed by atoms with Crippen molar-refractivity contribution >= 4 is 22.9 Å². The van der Waals surface area contributed by atoms with Crippen molar-refractivity contribution in [1.29, 1.82) is 5.26 Å². The van der Waals surface area contributed by atoms with Crippen molar-refractivity contribution in [2.24, 2.45) is 5.41 Å².